The Bertz CT molecular complexity index is 237. The SMILES string of the molecule is C#CC[N+](C)(C)CC(=O)C(=O)O. The van der Waals surface area contributed by atoms with E-state index in [2.05, 4.69) is 5.92 Å². The van der Waals surface area contributed by atoms with E-state index in [4.69, 9.17) is 11.5 Å². The Morgan fingerprint density at radius 1 is 1.50 bits per heavy atom. The number of aliphatic carboxylic acids is 1. The second kappa shape index (κ2) is 3.88. The van der Waals surface area contributed by atoms with Gasteiger partial charge >= 0.3 is 5.97 Å². The van der Waals surface area contributed by atoms with Crippen LogP contribution in [0.2, 0.25) is 0 Å². The van der Waals surface area contributed by atoms with Crippen LogP contribution in [0.5, 0.6) is 0 Å². The maximum atomic E-state index is 10.7. The Hall–Kier alpha value is -1.34. The molecule has 0 unspecified atom stereocenters. The van der Waals surface area contributed by atoms with Crippen molar-refractivity contribution in [1.29, 1.82) is 0 Å². The molecule has 0 bridgehead atoms. The van der Waals surface area contributed by atoms with Crippen LogP contribution in [0.15, 0.2) is 0 Å². The maximum absolute atomic E-state index is 10.7. The van der Waals surface area contributed by atoms with Gasteiger partial charge in [-0.3, -0.25) is 4.79 Å². The Morgan fingerprint density at radius 2 is 2.00 bits per heavy atom. The lowest BCUT2D eigenvalue weighted by Crippen LogP contribution is -2.45. The normalized spacial score (nSPS) is 10.4. The number of hydrogen-bond donors (Lipinski definition) is 1. The first-order valence-corrected chi connectivity index (χ1v) is 3.40. The topological polar surface area (TPSA) is 54.4 Å². The summed E-state index contributed by atoms with van der Waals surface area (Å²) in [7, 11) is 3.42. The summed E-state index contributed by atoms with van der Waals surface area (Å²) < 4.78 is 0.210. The molecule has 0 aliphatic rings. The highest BCUT2D eigenvalue weighted by Gasteiger charge is 2.23. The molecule has 0 aromatic heterocycles. The van der Waals surface area contributed by atoms with Gasteiger partial charge in [0.1, 0.15) is 6.54 Å². The second-order valence-electron chi connectivity index (χ2n) is 3.18. The van der Waals surface area contributed by atoms with E-state index in [0.717, 1.165) is 0 Å². The van der Waals surface area contributed by atoms with E-state index in [1.54, 1.807) is 14.1 Å². The molecule has 0 aromatic carbocycles. The predicted molar refractivity (Wildman–Crippen MR) is 43.3 cm³/mol. The van der Waals surface area contributed by atoms with E-state index in [1.807, 2.05) is 0 Å². The van der Waals surface area contributed by atoms with Crippen LogP contribution < -0.4 is 0 Å². The van der Waals surface area contributed by atoms with Gasteiger partial charge in [-0.1, -0.05) is 0 Å². The molecule has 0 rings (SSSR count). The molecule has 0 saturated heterocycles. The fraction of sp³-hybridized carbons (Fsp3) is 0.500. The van der Waals surface area contributed by atoms with Crippen LogP contribution in [-0.4, -0.2) is 48.5 Å². The van der Waals surface area contributed by atoms with Gasteiger partial charge in [0, 0.05) is 0 Å². The Balaban J connectivity index is 4.17. The molecule has 66 valence electrons. The molecule has 12 heavy (non-hydrogen) atoms. The molecule has 0 saturated carbocycles. The Morgan fingerprint density at radius 3 is 2.33 bits per heavy atom. The summed E-state index contributed by atoms with van der Waals surface area (Å²) in [4.78, 5) is 20.9. The van der Waals surface area contributed by atoms with Crippen molar-refractivity contribution >= 4 is 11.8 Å². The molecule has 4 heteroatoms. The summed E-state index contributed by atoms with van der Waals surface area (Å²) in [6.45, 7) is 0.276. The van der Waals surface area contributed by atoms with Crippen molar-refractivity contribution in [2.75, 3.05) is 27.2 Å². The van der Waals surface area contributed by atoms with E-state index in [1.165, 1.54) is 0 Å². The highest BCUT2D eigenvalue weighted by molar-refractivity contribution is 6.33. The smallest absolute Gasteiger partial charge is 0.378 e. The van der Waals surface area contributed by atoms with Crippen molar-refractivity contribution in [1.82, 2.24) is 0 Å². The van der Waals surface area contributed by atoms with E-state index in [9.17, 15) is 9.59 Å². The highest BCUT2D eigenvalue weighted by atomic mass is 16.4. The Kier molecular flexibility index (Phi) is 3.45. The Labute approximate surface area is 71.4 Å². The van der Waals surface area contributed by atoms with Crippen LogP contribution in [-0.2, 0) is 9.59 Å². The van der Waals surface area contributed by atoms with Crippen molar-refractivity contribution in [3.63, 3.8) is 0 Å². The van der Waals surface area contributed by atoms with E-state index in [0.29, 0.717) is 6.54 Å². The summed E-state index contributed by atoms with van der Waals surface area (Å²) in [6.07, 6.45) is 5.04. The van der Waals surface area contributed by atoms with Gasteiger partial charge in [0.05, 0.1) is 14.1 Å². The third-order valence-electron chi connectivity index (χ3n) is 1.33. The summed E-state index contributed by atoms with van der Waals surface area (Å²) in [5, 5.41) is 8.30. The molecule has 0 aromatic rings. The molecule has 0 aliphatic heterocycles. The summed E-state index contributed by atoms with van der Waals surface area (Å²) in [6, 6.07) is 0. The molecular formula is C8H12NO3+. The molecular weight excluding hydrogens is 158 g/mol. The number of hydrogen-bond acceptors (Lipinski definition) is 2. The predicted octanol–water partition coefficient (Wildman–Crippen LogP) is -0.650. The number of carboxylic acid groups (broad SMARTS) is 1. The van der Waals surface area contributed by atoms with Gasteiger partial charge in [-0.25, -0.2) is 4.79 Å². The maximum Gasteiger partial charge on any atom is 0.378 e. The minimum atomic E-state index is -1.40. The lowest BCUT2D eigenvalue weighted by molar-refractivity contribution is -0.874. The van der Waals surface area contributed by atoms with Gasteiger partial charge in [-0.05, 0) is 5.92 Å². The van der Waals surface area contributed by atoms with Crippen molar-refractivity contribution in [3.05, 3.63) is 0 Å². The number of terminal acetylenes is 1. The molecule has 0 aliphatic carbocycles. The largest absolute Gasteiger partial charge is 0.475 e. The van der Waals surface area contributed by atoms with Crippen molar-refractivity contribution in [2.24, 2.45) is 0 Å². The van der Waals surface area contributed by atoms with Gasteiger partial charge < -0.3 is 9.59 Å². The minimum Gasteiger partial charge on any atom is -0.475 e. The molecule has 0 radical (unpaired) electrons. The average molecular weight is 170 g/mol. The lowest BCUT2D eigenvalue weighted by Gasteiger charge is -2.25. The monoisotopic (exact) mass is 170 g/mol. The fourth-order valence-corrected chi connectivity index (χ4v) is 0.759. The first-order chi connectivity index (χ1) is 5.39. The third kappa shape index (κ3) is 3.74. The van der Waals surface area contributed by atoms with Gasteiger partial charge in [0.15, 0.2) is 6.54 Å². The van der Waals surface area contributed by atoms with Crippen LogP contribution in [0, 0.1) is 12.3 Å². The number of carboxylic acids is 1. The van der Waals surface area contributed by atoms with Crippen molar-refractivity contribution in [2.45, 2.75) is 0 Å². The van der Waals surface area contributed by atoms with Crippen LogP contribution in [0.1, 0.15) is 0 Å². The van der Waals surface area contributed by atoms with Gasteiger partial charge in [0.2, 0.25) is 0 Å². The van der Waals surface area contributed by atoms with Gasteiger partial charge in [0.25, 0.3) is 5.78 Å². The molecule has 0 heterocycles. The zero-order valence-corrected chi connectivity index (χ0v) is 7.20. The number of quaternary nitrogens is 1. The lowest BCUT2D eigenvalue weighted by atomic mass is 10.3. The fourth-order valence-electron chi connectivity index (χ4n) is 0.759. The summed E-state index contributed by atoms with van der Waals surface area (Å²) in [5.41, 5.74) is 0. The second-order valence-corrected chi connectivity index (χ2v) is 3.18. The summed E-state index contributed by atoms with van der Waals surface area (Å²) >= 11 is 0. The molecule has 0 amide bonds. The molecule has 0 spiro atoms. The van der Waals surface area contributed by atoms with E-state index < -0.39 is 11.8 Å². The zero-order valence-electron chi connectivity index (χ0n) is 7.20. The molecule has 1 N–H and O–H groups in total. The summed E-state index contributed by atoms with van der Waals surface area (Å²) in [5.74, 6) is 0.165. The van der Waals surface area contributed by atoms with E-state index in [-0.39, 0.29) is 11.0 Å². The van der Waals surface area contributed by atoms with Crippen molar-refractivity contribution in [3.8, 4) is 12.3 Å². The van der Waals surface area contributed by atoms with Gasteiger partial charge in [-0.15, -0.1) is 6.42 Å². The van der Waals surface area contributed by atoms with Crippen LogP contribution in [0.4, 0.5) is 0 Å². The van der Waals surface area contributed by atoms with Gasteiger partial charge in [-0.2, -0.15) is 0 Å². The number of likely N-dealkylation sites (N-methyl/N-ethyl adjacent to an activating group) is 1. The van der Waals surface area contributed by atoms with Crippen LogP contribution >= 0.6 is 0 Å². The number of carbonyl (C=O) groups excluding carboxylic acids is 1. The quantitative estimate of drug-likeness (QED) is 0.346. The highest BCUT2D eigenvalue weighted by Crippen LogP contribution is 1.95. The van der Waals surface area contributed by atoms with Crippen molar-refractivity contribution < 1.29 is 19.2 Å². The number of ketones is 1. The van der Waals surface area contributed by atoms with E-state index >= 15 is 0 Å². The molecule has 0 fully saturated rings. The first-order valence-electron chi connectivity index (χ1n) is 3.40. The number of nitrogens with zero attached hydrogens (tertiary/aromatic N) is 1. The number of Topliss-reactive ketones (excluding diaryl/α,β-unsaturated/α-hetero) is 1. The van der Waals surface area contributed by atoms with Crippen LogP contribution in [0.25, 0.3) is 0 Å². The number of rotatable bonds is 4. The minimum absolute atomic E-state index is 0.0699. The number of carbonyl (C=O) groups is 2. The van der Waals surface area contributed by atoms with Crippen LogP contribution in [0.3, 0.4) is 0 Å². The average Bonchev–Trinajstić information content (AvgIpc) is 1.85. The zero-order chi connectivity index (χ0) is 9.78. The standard InChI is InChI=1S/C8H11NO3/c1-4-5-9(2,3)6-7(10)8(11)12/h1H,5-6H2,2-3H3/p+1. The molecule has 0 atom stereocenters. The third-order valence-corrected chi connectivity index (χ3v) is 1.33. The molecule has 4 nitrogen and oxygen atoms in total. The first kappa shape index (κ1) is 10.7.